The molecule has 0 amide bonds. The van der Waals surface area contributed by atoms with Crippen LogP contribution in [0.25, 0.3) is 17.0 Å². The summed E-state index contributed by atoms with van der Waals surface area (Å²) >= 11 is 0. The Balaban J connectivity index is 2.26. The highest BCUT2D eigenvalue weighted by Gasteiger charge is 2.14. The van der Waals surface area contributed by atoms with E-state index in [0.717, 1.165) is 11.1 Å². The van der Waals surface area contributed by atoms with Gasteiger partial charge in [-0.15, -0.1) is 10.2 Å². The van der Waals surface area contributed by atoms with Gasteiger partial charge in [0.25, 0.3) is 0 Å². The van der Waals surface area contributed by atoms with Crippen molar-refractivity contribution in [2.75, 3.05) is 0 Å². The molecule has 0 fully saturated rings. The molecule has 20 heavy (non-hydrogen) atoms. The lowest BCUT2D eigenvalue weighted by Crippen LogP contribution is -2.06. The van der Waals surface area contributed by atoms with Gasteiger partial charge in [-0.05, 0) is 19.9 Å². The second-order valence-corrected chi connectivity index (χ2v) is 4.58. The summed E-state index contributed by atoms with van der Waals surface area (Å²) in [6.07, 6.45) is 0. The Morgan fingerprint density at radius 3 is 2.70 bits per heavy atom. The summed E-state index contributed by atoms with van der Waals surface area (Å²) in [4.78, 5) is 15.1. The molecular formula is C14H12N4O2. The Hall–Kier alpha value is -2.76. The van der Waals surface area contributed by atoms with Crippen LogP contribution in [0.4, 0.5) is 0 Å². The van der Waals surface area contributed by atoms with Crippen molar-refractivity contribution in [3.63, 3.8) is 0 Å². The van der Waals surface area contributed by atoms with Crippen molar-refractivity contribution in [3.05, 3.63) is 47.4 Å². The number of carbonyl (C=O) groups is 1. The molecule has 0 spiro atoms. The van der Waals surface area contributed by atoms with Gasteiger partial charge in [0.05, 0.1) is 0 Å². The number of rotatable bonds is 2. The van der Waals surface area contributed by atoms with E-state index in [0.29, 0.717) is 17.3 Å². The second kappa shape index (κ2) is 4.41. The summed E-state index contributed by atoms with van der Waals surface area (Å²) in [6.45, 7) is 3.74. The predicted octanol–water partition coefficient (Wildman–Crippen LogP) is 2.11. The monoisotopic (exact) mass is 268 g/mol. The molecule has 0 aliphatic heterocycles. The summed E-state index contributed by atoms with van der Waals surface area (Å²) in [5.74, 6) is 0.128. The Kier molecular flexibility index (Phi) is 2.71. The normalized spacial score (nSPS) is 10.9. The largest absolute Gasteiger partial charge is 0.477 e. The average Bonchev–Trinajstić information content (AvgIpc) is 2.83. The van der Waals surface area contributed by atoms with Crippen LogP contribution in [0.3, 0.4) is 0 Å². The molecule has 3 rings (SSSR count). The first-order chi connectivity index (χ1) is 9.56. The van der Waals surface area contributed by atoms with Crippen molar-refractivity contribution >= 4 is 11.6 Å². The molecule has 0 radical (unpaired) electrons. The molecule has 3 aromatic rings. The van der Waals surface area contributed by atoms with Gasteiger partial charge in [-0.25, -0.2) is 9.78 Å². The van der Waals surface area contributed by atoms with E-state index in [1.54, 1.807) is 11.3 Å². The maximum Gasteiger partial charge on any atom is 0.354 e. The van der Waals surface area contributed by atoms with Crippen LogP contribution >= 0.6 is 0 Å². The summed E-state index contributed by atoms with van der Waals surface area (Å²) in [7, 11) is 0. The summed E-state index contributed by atoms with van der Waals surface area (Å²) in [5.41, 5.74) is 2.49. The first-order valence-electron chi connectivity index (χ1n) is 6.09. The Morgan fingerprint density at radius 2 is 2.00 bits per heavy atom. The molecule has 1 aromatic carbocycles. The van der Waals surface area contributed by atoms with E-state index in [9.17, 15) is 4.79 Å². The molecule has 0 saturated carbocycles. The molecule has 0 aliphatic carbocycles. The number of aromatic carboxylic acids is 1. The van der Waals surface area contributed by atoms with E-state index in [1.165, 1.54) is 6.07 Å². The number of aryl methyl sites for hydroxylation is 2. The second-order valence-electron chi connectivity index (χ2n) is 4.58. The summed E-state index contributed by atoms with van der Waals surface area (Å²) in [5, 5.41) is 17.2. The minimum atomic E-state index is -1.07. The van der Waals surface area contributed by atoms with Crippen molar-refractivity contribution in [3.8, 4) is 11.4 Å². The lowest BCUT2D eigenvalue weighted by atomic mass is 10.1. The number of hydrogen-bond donors (Lipinski definition) is 1. The van der Waals surface area contributed by atoms with Crippen LogP contribution in [0.2, 0.25) is 0 Å². The van der Waals surface area contributed by atoms with Gasteiger partial charge < -0.3 is 5.11 Å². The molecule has 0 unspecified atom stereocenters. The Morgan fingerprint density at radius 1 is 1.20 bits per heavy atom. The van der Waals surface area contributed by atoms with Gasteiger partial charge >= 0.3 is 5.97 Å². The molecule has 100 valence electrons. The quantitative estimate of drug-likeness (QED) is 0.769. The van der Waals surface area contributed by atoms with Gasteiger partial charge in [0.15, 0.2) is 17.2 Å². The molecule has 6 nitrogen and oxygen atoms in total. The SMILES string of the molecule is Cc1cccc(-c2nnc3cc(C(=O)O)nc(C)n23)c1. The summed E-state index contributed by atoms with van der Waals surface area (Å²) < 4.78 is 1.75. The zero-order chi connectivity index (χ0) is 14.3. The molecule has 0 aliphatic rings. The Labute approximate surface area is 114 Å². The fraction of sp³-hybridized carbons (Fsp3) is 0.143. The van der Waals surface area contributed by atoms with Crippen LogP contribution in [0.15, 0.2) is 30.3 Å². The van der Waals surface area contributed by atoms with Gasteiger partial charge in [-0.2, -0.15) is 0 Å². The fourth-order valence-electron chi connectivity index (χ4n) is 2.17. The first-order valence-corrected chi connectivity index (χ1v) is 6.09. The molecule has 1 N–H and O–H groups in total. The number of aromatic nitrogens is 4. The Bertz CT molecular complexity index is 823. The fourth-order valence-corrected chi connectivity index (χ4v) is 2.17. The molecule has 0 saturated heterocycles. The molecule has 2 aromatic heterocycles. The maximum absolute atomic E-state index is 11.0. The van der Waals surface area contributed by atoms with Gasteiger partial charge in [0, 0.05) is 11.6 Å². The van der Waals surface area contributed by atoms with E-state index in [-0.39, 0.29) is 5.69 Å². The van der Waals surface area contributed by atoms with Crippen LogP contribution in [0.5, 0.6) is 0 Å². The average molecular weight is 268 g/mol. The highest BCUT2D eigenvalue weighted by molar-refractivity contribution is 5.86. The van der Waals surface area contributed by atoms with Crippen molar-refractivity contribution in [1.29, 1.82) is 0 Å². The third-order valence-electron chi connectivity index (χ3n) is 3.06. The topological polar surface area (TPSA) is 80.4 Å². The van der Waals surface area contributed by atoms with E-state index in [4.69, 9.17) is 5.11 Å². The zero-order valence-corrected chi connectivity index (χ0v) is 11.0. The maximum atomic E-state index is 11.0. The van der Waals surface area contributed by atoms with E-state index in [1.807, 2.05) is 31.2 Å². The van der Waals surface area contributed by atoms with Crippen molar-refractivity contribution < 1.29 is 9.90 Å². The van der Waals surface area contributed by atoms with Gasteiger partial charge in [0.2, 0.25) is 0 Å². The highest BCUT2D eigenvalue weighted by Crippen LogP contribution is 2.20. The third kappa shape index (κ3) is 1.91. The standard InChI is InChI=1S/C14H12N4O2/c1-8-4-3-5-10(6-8)13-17-16-12-7-11(14(19)20)15-9(2)18(12)13/h3-7H,1-2H3,(H,19,20). The van der Waals surface area contributed by atoms with Crippen molar-refractivity contribution in [2.45, 2.75) is 13.8 Å². The number of carboxylic acid groups (broad SMARTS) is 1. The number of benzene rings is 1. The van der Waals surface area contributed by atoms with Crippen LogP contribution in [0, 0.1) is 13.8 Å². The number of fused-ring (bicyclic) bond motifs is 1. The number of carboxylic acids is 1. The van der Waals surface area contributed by atoms with Crippen molar-refractivity contribution in [1.82, 2.24) is 19.6 Å². The molecule has 6 heteroatoms. The van der Waals surface area contributed by atoms with E-state index < -0.39 is 5.97 Å². The van der Waals surface area contributed by atoms with Crippen LogP contribution < -0.4 is 0 Å². The van der Waals surface area contributed by atoms with E-state index >= 15 is 0 Å². The zero-order valence-electron chi connectivity index (χ0n) is 11.0. The van der Waals surface area contributed by atoms with Gasteiger partial charge in [-0.3, -0.25) is 4.40 Å². The van der Waals surface area contributed by atoms with E-state index in [2.05, 4.69) is 15.2 Å². The predicted molar refractivity (Wildman–Crippen MR) is 72.7 cm³/mol. The lowest BCUT2D eigenvalue weighted by Gasteiger charge is -2.05. The first kappa shape index (κ1) is 12.3. The number of hydrogen-bond acceptors (Lipinski definition) is 4. The van der Waals surface area contributed by atoms with Crippen molar-refractivity contribution in [2.24, 2.45) is 0 Å². The number of nitrogens with zero attached hydrogens (tertiary/aromatic N) is 4. The highest BCUT2D eigenvalue weighted by atomic mass is 16.4. The third-order valence-corrected chi connectivity index (χ3v) is 3.06. The molecular weight excluding hydrogens is 256 g/mol. The van der Waals surface area contributed by atoms with Gasteiger partial charge in [0.1, 0.15) is 5.82 Å². The van der Waals surface area contributed by atoms with Crippen LogP contribution in [-0.4, -0.2) is 30.7 Å². The molecule has 0 bridgehead atoms. The smallest absolute Gasteiger partial charge is 0.354 e. The minimum absolute atomic E-state index is 0.0295. The lowest BCUT2D eigenvalue weighted by molar-refractivity contribution is 0.0690. The van der Waals surface area contributed by atoms with Crippen LogP contribution in [0.1, 0.15) is 21.9 Å². The molecule has 0 atom stereocenters. The molecule has 2 heterocycles. The van der Waals surface area contributed by atoms with Gasteiger partial charge in [-0.1, -0.05) is 23.8 Å². The van der Waals surface area contributed by atoms with Crippen LogP contribution in [-0.2, 0) is 0 Å². The summed E-state index contributed by atoms with van der Waals surface area (Å²) in [6, 6.07) is 9.30. The minimum Gasteiger partial charge on any atom is -0.477 e.